The van der Waals surface area contributed by atoms with Crippen LogP contribution < -0.4 is 0 Å². The van der Waals surface area contributed by atoms with E-state index in [4.69, 9.17) is 61.3 Å². The van der Waals surface area contributed by atoms with Crippen molar-refractivity contribution >= 4 is 5.78 Å². The molecule has 1 aromatic rings. The monoisotopic (exact) mass is 1060 g/mol. The Kier molecular flexibility index (Phi) is 18.1. The number of carbonyl (C=O) groups is 1. The van der Waals surface area contributed by atoms with Crippen LogP contribution in [0.15, 0.2) is 28.4 Å². The van der Waals surface area contributed by atoms with Gasteiger partial charge in [0.2, 0.25) is 0 Å². The van der Waals surface area contributed by atoms with Gasteiger partial charge in [0.1, 0.15) is 78.7 Å². The van der Waals surface area contributed by atoms with E-state index in [0.29, 0.717) is 18.1 Å². The Morgan fingerprint density at radius 1 is 0.649 bits per heavy atom. The summed E-state index contributed by atoms with van der Waals surface area (Å²) in [6.45, 7) is 8.21. The number of ether oxygens (including phenoxy) is 12. The van der Waals surface area contributed by atoms with E-state index in [2.05, 4.69) is 13.0 Å². The van der Waals surface area contributed by atoms with Gasteiger partial charge in [-0.2, -0.15) is 0 Å². The summed E-state index contributed by atoms with van der Waals surface area (Å²) in [6, 6.07) is 1.96. The van der Waals surface area contributed by atoms with Gasteiger partial charge in [0.15, 0.2) is 31.5 Å². The van der Waals surface area contributed by atoms with E-state index in [1.807, 2.05) is 19.9 Å². The van der Waals surface area contributed by atoms with Crippen LogP contribution >= 0.6 is 0 Å². The predicted molar refractivity (Wildman–Crippen MR) is 252 cm³/mol. The molecule has 0 amide bonds. The summed E-state index contributed by atoms with van der Waals surface area (Å²) >= 11 is 0. The third kappa shape index (κ3) is 11.2. The molecule has 27 unspecified atom stereocenters. The Balaban J connectivity index is 0.738. The SMILES string of the molecule is COC1CC(OC2CCC3(C)C(=CCC4C(=O)C(c5ccoc5C)CCC43)C2)OC(C)C1OC1CC(O)C(OC2CC(OC)C(OC3OC(CO)C(OC4OC(CO)C(O)C(O)C4O)C(O)C3O)C(C)O2)C(C)O1. The molecule has 5 aliphatic heterocycles. The highest BCUT2D eigenvalue weighted by Gasteiger charge is 2.55. The van der Waals surface area contributed by atoms with Crippen LogP contribution in [0.4, 0.5) is 0 Å². The van der Waals surface area contributed by atoms with Crippen molar-refractivity contribution in [3.8, 4) is 0 Å². The fourth-order valence-electron chi connectivity index (χ4n) is 13.3. The van der Waals surface area contributed by atoms with E-state index in [0.717, 1.165) is 49.8 Å². The average molecular weight is 1060 g/mol. The lowest BCUT2D eigenvalue weighted by Gasteiger charge is -2.53. The molecule has 3 aliphatic carbocycles. The summed E-state index contributed by atoms with van der Waals surface area (Å²) in [6.07, 6.45) is -14.8. The zero-order chi connectivity index (χ0) is 52.9. The number of rotatable bonds is 15. The number of fused-ring (bicyclic) bond motifs is 3. The van der Waals surface area contributed by atoms with Gasteiger partial charge in [-0.1, -0.05) is 18.6 Å². The van der Waals surface area contributed by atoms with Crippen molar-refractivity contribution in [1.29, 1.82) is 0 Å². The largest absolute Gasteiger partial charge is 0.469 e. The predicted octanol–water partition coefficient (Wildman–Crippen LogP) is 0.748. The van der Waals surface area contributed by atoms with Crippen LogP contribution in [0.25, 0.3) is 0 Å². The van der Waals surface area contributed by atoms with Gasteiger partial charge < -0.3 is 102 Å². The Hall–Kier alpha value is -2.11. The van der Waals surface area contributed by atoms with E-state index < -0.39 is 142 Å². The maximum Gasteiger partial charge on any atom is 0.187 e. The number of carbonyl (C=O) groups excluding carboxylic acids is 1. The van der Waals surface area contributed by atoms with Gasteiger partial charge in [0, 0.05) is 50.9 Å². The summed E-state index contributed by atoms with van der Waals surface area (Å²) in [7, 11) is 3.09. The zero-order valence-electron chi connectivity index (χ0n) is 43.3. The zero-order valence-corrected chi connectivity index (χ0v) is 43.3. The number of aliphatic hydroxyl groups excluding tert-OH is 8. The highest BCUT2D eigenvalue weighted by Crippen LogP contribution is 2.58. The van der Waals surface area contributed by atoms with Crippen LogP contribution in [0, 0.1) is 24.2 Å². The molecule has 27 atom stereocenters. The molecule has 6 heterocycles. The number of aliphatic hydroxyl groups is 8. The second kappa shape index (κ2) is 23.7. The van der Waals surface area contributed by atoms with Gasteiger partial charge in [0.25, 0.3) is 0 Å². The number of aryl methyl sites for hydroxylation is 1. The number of furan rings is 1. The Bertz CT molecular complexity index is 2020. The molecular formula is C52H80O22. The number of hydrogen-bond acceptors (Lipinski definition) is 22. The molecule has 9 rings (SSSR count). The number of Topliss-reactive ketones (excluding diaryl/α,β-unsaturated/α-hetero) is 1. The van der Waals surface area contributed by atoms with Gasteiger partial charge in [0.05, 0.1) is 62.2 Å². The fourth-order valence-corrected chi connectivity index (χ4v) is 13.3. The van der Waals surface area contributed by atoms with E-state index >= 15 is 0 Å². The lowest BCUT2D eigenvalue weighted by molar-refractivity contribution is -0.376. The average Bonchev–Trinajstić information content (AvgIpc) is 3.82. The van der Waals surface area contributed by atoms with E-state index in [9.17, 15) is 45.6 Å². The van der Waals surface area contributed by atoms with Crippen molar-refractivity contribution in [3.63, 3.8) is 0 Å². The van der Waals surface area contributed by atoms with Gasteiger partial charge >= 0.3 is 0 Å². The fraction of sp³-hybridized carbons (Fsp3) is 0.865. The Labute approximate surface area is 431 Å². The molecular weight excluding hydrogens is 977 g/mol. The molecule has 5 saturated heterocycles. The number of ketones is 1. The molecule has 0 radical (unpaired) electrons. The molecule has 74 heavy (non-hydrogen) atoms. The maximum atomic E-state index is 13.9. The van der Waals surface area contributed by atoms with Crippen LogP contribution in [-0.2, 0) is 61.6 Å². The maximum absolute atomic E-state index is 13.9. The van der Waals surface area contributed by atoms with Gasteiger partial charge in [-0.25, -0.2) is 0 Å². The van der Waals surface area contributed by atoms with Crippen LogP contribution in [0.3, 0.4) is 0 Å². The molecule has 420 valence electrons. The summed E-state index contributed by atoms with van der Waals surface area (Å²) in [5.74, 6) is 1.41. The highest BCUT2D eigenvalue weighted by atomic mass is 16.8. The van der Waals surface area contributed by atoms with Crippen molar-refractivity contribution in [1.82, 2.24) is 0 Å². The van der Waals surface area contributed by atoms with E-state index in [1.165, 1.54) is 12.7 Å². The molecule has 1 aromatic heterocycles. The number of methoxy groups -OCH3 is 2. The highest BCUT2D eigenvalue weighted by molar-refractivity contribution is 5.89. The second-order valence-corrected chi connectivity index (χ2v) is 22.0. The van der Waals surface area contributed by atoms with Crippen LogP contribution in [-0.4, -0.2) is 215 Å². The molecule has 0 aromatic carbocycles. The molecule has 22 heteroatoms. The molecule has 2 saturated carbocycles. The lowest BCUT2D eigenvalue weighted by Crippen LogP contribution is -2.65. The lowest BCUT2D eigenvalue weighted by atomic mass is 9.52. The van der Waals surface area contributed by atoms with Gasteiger partial charge in [-0.3, -0.25) is 4.79 Å². The van der Waals surface area contributed by atoms with Crippen molar-refractivity contribution < 1.29 is 107 Å². The number of hydrogen-bond donors (Lipinski definition) is 8. The quantitative estimate of drug-likeness (QED) is 0.112. The molecule has 8 N–H and O–H groups in total. The third-order valence-corrected chi connectivity index (χ3v) is 17.5. The topological polar surface area (TPSA) is 303 Å². The first-order valence-corrected chi connectivity index (χ1v) is 26.5. The Morgan fingerprint density at radius 2 is 1.22 bits per heavy atom. The third-order valence-electron chi connectivity index (χ3n) is 17.5. The van der Waals surface area contributed by atoms with Crippen molar-refractivity contribution in [2.24, 2.45) is 17.3 Å². The summed E-state index contributed by atoms with van der Waals surface area (Å²) in [5.41, 5.74) is 2.37. The minimum atomic E-state index is -1.81. The van der Waals surface area contributed by atoms with Gasteiger partial charge in [-0.05, 0) is 83.6 Å². The minimum absolute atomic E-state index is 0.0159. The normalized spacial score (nSPS) is 49.2. The summed E-state index contributed by atoms with van der Waals surface area (Å²) < 4.78 is 79.0. The first-order valence-electron chi connectivity index (χ1n) is 26.5. The van der Waals surface area contributed by atoms with E-state index in [1.54, 1.807) is 27.2 Å². The molecule has 0 spiro atoms. The standard InChI is InChI=1S/C52H80O22/c1-22-28(13-15-64-22)29-10-11-31-30(40(29)56)9-8-26-16-27(12-14-52(26,31)5)68-38-18-33(62-6)47(24(3)66-38)72-37-17-32(55)46(23(2)65-37)71-39-19-34(63-7)48(25(4)67-39)73-51-45(61)43(59)49(36(21-54)70-51)74-50-44(60)42(58)41(57)35(20-53)69-50/h8,13,15,23-25,27,29-39,41-51,53-55,57-61H,9-12,14,16-21H2,1-7H3. The van der Waals surface area contributed by atoms with E-state index in [-0.39, 0.29) is 42.3 Å². The molecule has 8 aliphatic rings. The molecule has 7 fully saturated rings. The van der Waals surface area contributed by atoms with Crippen molar-refractivity contribution in [2.45, 2.75) is 240 Å². The second-order valence-electron chi connectivity index (χ2n) is 22.0. The Morgan fingerprint density at radius 3 is 1.82 bits per heavy atom. The molecule has 22 nitrogen and oxygen atoms in total. The van der Waals surface area contributed by atoms with Crippen LogP contribution in [0.1, 0.15) is 103 Å². The number of allylic oxidation sites excluding steroid dienone is 1. The minimum Gasteiger partial charge on any atom is -0.469 e. The first-order chi connectivity index (χ1) is 35.4. The van der Waals surface area contributed by atoms with Crippen molar-refractivity contribution in [3.05, 3.63) is 35.3 Å². The van der Waals surface area contributed by atoms with Crippen LogP contribution in [0.5, 0.6) is 0 Å². The molecule has 0 bridgehead atoms. The van der Waals surface area contributed by atoms with Crippen molar-refractivity contribution in [2.75, 3.05) is 27.4 Å². The summed E-state index contributed by atoms with van der Waals surface area (Å²) in [4.78, 5) is 13.9. The summed E-state index contributed by atoms with van der Waals surface area (Å²) in [5, 5.41) is 84.5. The smallest absolute Gasteiger partial charge is 0.187 e. The van der Waals surface area contributed by atoms with Crippen LogP contribution in [0.2, 0.25) is 0 Å². The van der Waals surface area contributed by atoms with Gasteiger partial charge in [-0.15, -0.1) is 0 Å². The first kappa shape index (κ1) is 56.6.